The van der Waals surface area contributed by atoms with Crippen LogP contribution in [0.2, 0.25) is 0 Å². The quantitative estimate of drug-likeness (QED) is 0.359. The SMILES string of the molecule is CC(C)(C)Sc1ncnc(N)c1[N+](=O)[O-]. The van der Waals surface area contributed by atoms with E-state index in [2.05, 4.69) is 9.97 Å². The Kier molecular flexibility index (Phi) is 3.13. The van der Waals surface area contributed by atoms with Gasteiger partial charge in [0.25, 0.3) is 0 Å². The van der Waals surface area contributed by atoms with Gasteiger partial charge in [-0.25, -0.2) is 9.97 Å². The fourth-order valence-electron chi connectivity index (χ4n) is 0.912. The summed E-state index contributed by atoms with van der Waals surface area (Å²) < 4.78 is -0.161. The molecule has 1 aromatic heterocycles. The van der Waals surface area contributed by atoms with Gasteiger partial charge < -0.3 is 5.73 Å². The van der Waals surface area contributed by atoms with Crippen molar-refractivity contribution in [2.24, 2.45) is 0 Å². The first-order chi connectivity index (χ1) is 6.81. The van der Waals surface area contributed by atoms with E-state index in [0.717, 1.165) is 0 Å². The van der Waals surface area contributed by atoms with E-state index in [1.807, 2.05) is 20.8 Å². The fraction of sp³-hybridized carbons (Fsp3) is 0.500. The second-order valence-corrected chi connectivity index (χ2v) is 5.70. The maximum atomic E-state index is 10.8. The summed E-state index contributed by atoms with van der Waals surface area (Å²) in [5, 5.41) is 11.1. The number of thioether (sulfide) groups is 1. The van der Waals surface area contributed by atoms with Gasteiger partial charge in [0.15, 0.2) is 5.03 Å². The Bertz CT molecular complexity index is 389. The Balaban J connectivity index is 3.18. The summed E-state index contributed by atoms with van der Waals surface area (Å²) in [6.45, 7) is 5.83. The van der Waals surface area contributed by atoms with E-state index in [0.29, 0.717) is 5.03 Å². The summed E-state index contributed by atoms with van der Waals surface area (Å²) in [4.78, 5) is 17.7. The predicted octanol–water partition coefficient (Wildman–Crippen LogP) is 1.86. The highest BCUT2D eigenvalue weighted by molar-refractivity contribution is 8.00. The fourth-order valence-corrected chi connectivity index (χ4v) is 1.87. The third-order valence-corrected chi connectivity index (χ3v) is 2.51. The van der Waals surface area contributed by atoms with Crippen molar-refractivity contribution >= 4 is 23.3 Å². The van der Waals surface area contributed by atoms with E-state index < -0.39 is 4.92 Å². The van der Waals surface area contributed by atoms with Crippen molar-refractivity contribution in [1.82, 2.24) is 9.97 Å². The molecule has 0 aliphatic heterocycles. The molecule has 1 aromatic rings. The number of rotatable bonds is 2. The van der Waals surface area contributed by atoms with Crippen LogP contribution in [0.25, 0.3) is 0 Å². The molecule has 1 heterocycles. The summed E-state index contributed by atoms with van der Waals surface area (Å²) in [6.07, 6.45) is 1.23. The number of aromatic nitrogens is 2. The number of nitrogens with two attached hydrogens (primary N) is 1. The van der Waals surface area contributed by atoms with E-state index in [-0.39, 0.29) is 16.3 Å². The van der Waals surface area contributed by atoms with Crippen molar-refractivity contribution in [3.63, 3.8) is 0 Å². The average Bonchev–Trinajstić information content (AvgIpc) is 1.99. The van der Waals surface area contributed by atoms with Crippen LogP contribution in [-0.2, 0) is 0 Å². The first-order valence-corrected chi connectivity index (χ1v) is 5.07. The second-order valence-electron chi connectivity index (χ2n) is 3.88. The van der Waals surface area contributed by atoms with E-state index >= 15 is 0 Å². The van der Waals surface area contributed by atoms with E-state index in [9.17, 15) is 10.1 Å². The third-order valence-electron chi connectivity index (χ3n) is 1.40. The zero-order valence-electron chi connectivity index (χ0n) is 8.72. The highest BCUT2D eigenvalue weighted by Crippen LogP contribution is 2.37. The third kappa shape index (κ3) is 3.05. The number of anilines is 1. The van der Waals surface area contributed by atoms with Gasteiger partial charge in [-0.3, -0.25) is 10.1 Å². The Labute approximate surface area is 91.4 Å². The van der Waals surface area contributed by atoms with Crippen LogP contribution in [0.3, 0.4) is 0 Å². The molecule has 0 aromatic carbocycles. The molecular formula is C8H12N4O2S. The molecule has 0 aliphatic rings. The summed E-state index contributed by atoms with van der Waals surface area (Å²) >= 11 is 1.30. The van der Waals surface area contributed by atoms with Gasteiger partial charge in [-0.2, -0.15) is 0 Å². The highest BCUT2D eigenvalue weighted by Gasteiger charge is 2.25. The van der Waals surface area contributed by atoms with Crippen LogP contribution >= 0.6 is 11.8 Å². The Hall–Kier alpha value is -1.37. The van der Waals surface area contributed by atoms with E-state index in [4.69, 9.17) is 5.73 Å². The van der Waals surface area contributed by atoms with Crippen molar-refractivity contribution < 1.29 is 4.92 Å². The van der Waals surface area contributed by atoms with Crippen molar-refractivity contribution in [1.29, 1.82) is 0 Å². The van der Waals surface area contributed by atoms with Crippen LogP contribution in [0.4, 0.5) is 11.5 Å². The van der Waals surface area contributed by atoms with Crippen molar-refractivity contribution in [2.45, 2.75) is 30.5 Å². The molecule has 0 radical (unpaired) electrons. The van der Waals surface area contributed by atoms with Crippen LogP contribution in [-0.4, -0.2) is 19.6 Å². The maximum absolute atomic E-state index is 10.8. The monoisotopic (exact) mass is 228 g/mol. The number of hydrogen-bond donors (Lipinski definition) is 1. The van der Waals surface area contributed by atoms with Crippen LogP contribution in [0.1, 0.15) is 20.8 Å². The lowest BCUT2D eigenvalue weighted by molar-refractivity contribution is -0.387. The molecule has 15 heavy (non-hydrogen) atoms. The van der Waals surface area contributed by atoms with Gasteiger partial charge in [-0.05, 0) is 0 Å². The van der Waals surface area contributed by atoms with Crippen LogP contribution in [0, 0.1) is 10.1 Å². The molecule has 1 rings (SSSR count). The molecule has 0 fully saturated rings. The van der Waals surface area contributed by atoms with Gasteiger partial charge in [0.05, 0.1) is 4.92 Å². The summed E-state index contributed by atoms with van der Waals surface area (Å²) in [7, 11) is 0. The molecule has 2 N–H and O–H groups in total. The Morgan fingerprint density at radius 1 is 1.47 bits per heavy atom. The zero-order valence-corrected chi connectivity index (χ0v) is 9.54. The topological polar surface area (TPSA) is 94.9 Å². The minimum atomic E-state index is -0.552. The molecular weight excluding hydrogens is 216 g/mol. The number of nitro groups is 1. The first-order valence-electron chi connectivity index (χ1n) is 4.25. The molecule has 0 aliphatic carbocycles. The van der Waals surface area contributed by atoms with Crippen molar-refractivity contribution in [2.75, 3.05) is 5.73 Å². The minimum Gasteiger partial charge on any atom is -0.378 e. The highest BCUT2D eigenvalue weighted by atomic mass is 32.2. The van der Waals surface area contributed by atoms with E-state index in [1.54, 1.807) is 0 Å². The average molecular weight is 228 g/mol. The van der Waals surface area contributed by atoms with Crippen LogP contribution < -0.4 is 5.73 Å². The van der Waals surface area contributed by atoms with Gasteiger partial charge >= 0.3 is 5.69 Å². The van der Waals surface area contributed by atoms with Gasteiger partial charge in [0.1, 0.15) is 6.33 Å². The van der Waals surface area contributed by atoms with Gasteiger partial charge in [0, 0.05) is 4.75 Å². The van der Waals surface area contributed by atoms with Gasteiger partial charge in [-0.15, -0.1) is 0 Å². The molecule has 0 saturated heterocycles. The molecule has 6 nitrogen and oxygen atoms in total. The Morgan fingerprint density at radius 3 is 2.53 bits per heavy atom. The lowest BCUT2D eigenvalue weighted by Crippen LogP contribution is -2.10. The molecule has 0 spiro atoms. The lowest BCUT2D eigenvalue weighted by atomic mass is 10.3. The van der Waals surface area contributed by atoms with Crippen molar-refractivity contribution in [3.8, 4) is 0 Å². The summed E-state index contributed by atoms with van der Waals surface area (Å²) in [6, 6.07) is 0. The molecule has 0 amide bonds. The molecule has 0 atom stereocenters. The normalized spacial score (nSPS) is 11.4. The van der Waals surface area contributed by atoms with Crippen molar-refractivity contribution in [3.05, 3.63) is 16.4 Å². The largest absolute Gasteiger partial charge is 0.378 e. The lowest BCUT2D eigenvalue weighted by Gasteiger charge is -2.16. The zero-order chi connectivity index (χ0) is 11.6. The molecule has 0 bridgehead atoms. The smallest absolute Gasteiger partial charge is 0.343 e. The number of hydrogen-bond acceptors (Lipinski definition) is 6. The van der Waals surface area contributed by atoms with Crippen LogP contribution in [0.5, 0.6) is 0 Å². The minimum absolute atomic E-state index is 0.0956. The summed E-state index contributed by atoms with van der Waals surface area (Å²) in [5.74, 6) is -0.0956. The first kappa shape index (κ1) is 11.7. The number of nitrogen functional groups attached to an aromatic ring is 1. The summed E-state index contributed by atoms with van der Waals surface area (Å²) in [5.41, 5.74) is 5.22. The molecule has 0 saturated carbocycles. The molecule has 0 unspecified atom stereocenters. The standard InChI is InChI=1S/C8H12N4O2S/c1-8(2,3)15-7-5(12(13)14)6(9)10-4-11-7/h4H,1-3H3,(H2,9,10,11). The van der Waals surface area contributed by atoms with Gasteiger partial charge in [0.2, 0.25) is 5.82 Å². The molecule has 82 valence electrons. The van der Waals surface area contributed by atoms with E-state index in [1.165, 1.54) is 18.1 Å². The van der Waals surface area contributed by atoms with Crippen LogP contribution in [0.15, 0.2) is 11.4 Å². The number of nitrogens with zero attached hydrogens (tertiary/aromatic N) is 3. The maximum Gasteiger partial charge on any atom is 0.343 e. The Morgan fingerprint density at radius 2 is 2.07 bits per heavy atom. The van der Waals surface area contributed by atoms with Gasteiger partial charge in [-0.1, -0.05) is 32.5 Å². The predicted molar refractivity (Wildman–Crippen MR) is 58.7 cm³/mol. The second kappa shape index (κ2) is 4.01. The molecule has 7 heteroatoms.